The van der Waals surface area contributed by atoms with Gasteiger partial charge in [-0.25, -0.2) is 4.39 Å². The van der Waals surface area contributed by atoms with Crippen LogP contribution in [0.5, 0.6) is 5.75 Å². The highest BCUT2D eigenvalue weighted by atomic mass is 19.1. The van der Waals surface area contributed by atoms with Crippen LogP contribution in [0.25, 0.3) is 11.3 Å². The van der Waals surface area contributed by atoms with Crippen molar-refractivity contribution in [1.82, 2.24) is 15.3 Å². The molecule has 0 bridgehead atoms. The minimum absolute atomic E-state index is 0.136. The Morgan fingerprint density at radius 3 is 2.91 bits per heavy atom. The summed E-state index contributed by atoms with van der Waals surface area (Å²) in [4.78, 5) is 20.3. The number of hydrogen-bond donors (Lipinski definition) is 3. The van der Waals surface area contributed by atoms with Gasteiger partial charge in [-0.05, 0) is 32.0 Å². The van der Waals surface area contributed by atoms with Gasteiger partial charge in [0, 0.05) is 37.5 Å². The Labute approximate surface area is 190 Å². The van der Waals surface area contributed by atoms with Crippen LogP contribution >= 0.6 is 0 Å². The summed E-state index contributed by atoms with van der Waals surface area (Å²) in [5.74, 6) is -0.412. The van der Waals surface area contributed by atoms with E-state index in [1.54, 1.807) is 31.6 Å². The summed E-state index contributed by atoms with van der Waals surface area (Å²) in [7, 11) is 1.61. The number of halogens is 1. The molecule has 0 aliphatic carbocycles. The molecule has 1 amide bonds. The zero-order valence-electron chi connectivity index (χ0n) is 18.6. The second-order valence-corrected chi connectivity index (χ2v) is 8.26. The Bertz CT molecular complexity index is 1250. The minimum atomic E-state index is -0.646. The number of methoxy groups -OCH3 is 1. The maximum Gasteiger partial charge on any atom is 0.255 e. The normalized spacial score (nSPS) is 13.1. The average Bonchev–Trinajstić information content (AvgIpc) is 3.17. The van der Waals surface area contributed by atoms with E-state index < -0.39 is 11.4 Å². The van der Waals surface area contributed by atoms with Crippen molar-refractivity contribution in [2.45, 2.75) is 25.9 Å². The molecule has 1 aromatic carbocycles. The molecule has 0 radical (unpaired) electrons. The summed E-state index contributed by atoms with van der Waals surface area (Å²) in [6.07, 6.45) is 3.81. The highest BCUT2D eigenvalue weighted by Gasteiger charge is 2.29. The zero-order valence-corrected chi connectivity index (χ0v) is 18.6. The Hall–Kier alpha value is -3.90. The van der Waals surface area contributed by atoms with Gasteiger partial charge in [-0.3, -0.25) is 9.78 Å². The van der Waals surface area contributed by atoms with Crippen molar-refractivity contribution in [3.8, 4) is 23.1 Å². The van der Waals surface area contributed by atoms with Crippen molar-refractivity contribution in [1.29, 1.82) is 5.26 Å². The predicted octanol–water partition coefficient (Wildman–Crippen LogP) is 3.92. The first kappa shape index (κ1) is 22.3. The lowest BCUT2D eigenvalue weighted by atomic mass is 10.0. The molecule has 3 heterocycles. The van der Waals surface area contributed by atoms with E-state index in [-0.39, 0.29) is 23.8 Å². The largest absolute Gasteiger partial charge is 0.488 e. The number of carbonyl (C=O) groups excluding carboxylic acids is 1. The molecular weight excluding hydrogens is 425 g/mol. The lowest BCUT2D eigenvalue weighted by molar-refractivity contribution is -0.0146. The van der Waals surface area contributed by atoms with Crippen LogP contribution in [0.15, 0.2) is 36.7 Å². The highest BCUT2D eigenvalue weighted by Crippen LogP contribution is 2.40. The summed E-state index contributed by atoms with van der Waals surface area (Å²) >= 11 is 0. The molecule has 33 heavy (non-hydrogen) atoms. The molecule has 170 valence electrons. The first-order valence-corrected chi connectivity index (χ1v) is 10.5. The van der Waals surface area contributed by atoms with Crippen LogP contribution in [-0.2, 0) is 11.2 Å². The monoisotopic (exact) mass is 449 g/mol. The number of ether oxygens (including phenoxy) is 2. The summed E-state index contributed by atoms with van der Waals surface area (Å²) in [5.41, 5.74) is 2.45. The van der Waals surface area contributed by atoms with E-state index in [0.29, 0.717) is 41.2 Å². The van der Waals surface area contributed by atoms with Crippen LogP contribution in [-0.4, -0.2) is 41.7 Å². The molecule has 1 aliphatic heterocycles. The first-order chi connectivity index (χ1) is 15.8. The first-order valence-electron chi connectivity index (χ1n) is 10.5. The number of anilines is 2. The average molecular weight is 449 g/mol. The van der Waals surface area contributed by atoms with Gasteiger partial charge in [-0.15, -0.1) is 0 Å². The maximum absolute atomic E-state index is 14.2. The van der Waals surface area contributed by atoms with E-state index in [2.05, 4.69) is 20.6 Å². The Kier molecular flexibility index (Phi) is 6.03. The molecule has 0 saturated carbocycles. The van der Waals surface area contributed by atoms with E-state index in [4.69, 9.17) is 9.47 Å². The summed E-state index contributed by atoms with van der Waals surface area (Å²) < 4.78 is 25.7. The van der Waals surface area contributed by atoms with E-state index in [1.807, 2.05) is 19.9 Å². The molecule has 1 aliphatic rings. The summed E-state index contributed by atoms with van der Waals surface area (Å²) in [5, 5.41) is 15.4. The Balaban J connectivity index is 1.84. The van der Waals surface area contributed by atoms with Crippen molar-refractivity contribution < 1.29 is 18.7 Å². The number of nitrogens with zero attached hydrogens (tertiary/aromatic N) is 2. The molecule has 3 aromatic rings. The molecule has 2 aromatic heterocycles. The number of H-pyrrole nitrogens is 1. The molecular formula is C24H24FN5O3. The van der Waals surface area contributed by atoms with Gasteiger partial charge >= 0.3 is 0 Å². The van der Waals surface area contributed by atoms with E-state index in [9.17, 15) is 14.4 Å². The third-order valence-corrected chi connectivity index (χ3v) is 5.53. The van der Waals surface area contributed by atoms with Gasteiger partial charge in [-0.2, -0.15) is 5.26 Å². The third kappa shape index (κ3) is 4.38. The van der Waals surface area contributed by atoms with E-state index in [1.165, 1.54) is 12.1 Å². The van der Waals surface area contributed by atoms with Crippen LogP contribution in [0.1, 0.15) is 35.5 Å². The van der Waals surface area contributed by atoms with Crippen molar-refractivity contribution in [3.05, 3.63) is 59.3 Å². The number of aromatic amines is 1. The molecule has 0 spiro atoms. The number of hydrogen-bond acceptors (Lipinski definition) is 6. The SMILES string of the molecule is COC(C)(C)COc1cnccc1-c1[nH]c2c(c1Nc1cccc(F)c1C#N)C(=O)NCC2. The molecule has 3 N–H and O–H groups in total. The number of carbonyl (C=O) groups is 1. The smallest absolute Gasteiger partial charge is 0.255 e. The van der Waals surface area contributed by atoms with Crippen molar-refractivity contribution in [2.24, 2.45) is 0 Å². The van der Waals surface area contributed by atoms with Crippen molar-refractivity contribution in [2.75, 3.05) is 25.6 Å². The highest BCUT2D eigenvalue weighted by molar-refractivity contribution is 6.06. The number of rotatable bonds is 7. The molecule has 9 heteroatoms. The fourth-order valence-electron chi connectivity index (χ4n) is 3.59. The minimum Gasteiger partial charge on any atom is -0.488 e. The zero-order chi connectivity index (χ0) is 23.6. The maximum atomic E-state index is 14.2. The summed E-state index contributed by atoms with van der Waals surface area (Å²) in [6.45, 7) is 4.58. The molecule has 0 saturated heterocycles. The van der Waals surface area contributed by atoms with E-state index >= 15 is 0 Å². The number of nitriles is 1. The second-order valence-electron chi connectivity index (χ2n) is 8.26. The molecule has 8 nitrogen and oxygen atoms in total. The van der Waals surface area contributed by atoms with Gasteiger partial charge in [0.25, 0.3) is 5.91 Å². The second kappa shape index (κ2) is 8.92. The van der Waals surface area contributed by atoms with E-state index in [0.717, 1.165) is 5.69 Å². The topological polar surface area (TPSA) is 112 Å². The number of benzene rings is 1. The van der Waals surface area contributed by atoms with Crippen LogP contribution in [0.4, 0.5) is 15.8 Å². The predicted molar refractivity (Wildman–Crippen MR) is 121 cm³/mol. The molecule has 0 atom stereocenters. The lowest BCUT2D eigenvalue weighted by Gasteiger charge is -2.23. The lowest BCUT2D eigenvalue weighted by Crippen LogP contribution is -2.31. The number of amides is 1. The number of nitrogens with one attached hydrogen (secondary N) is 3. The van der Waals surface area contributed by atoms with Crippen molar-refractivity contribution in [3.63, 3.8) is 0 Å². The number of pyridine rings is 1. The van der Waals surface area contributed by atoms with Crippen LogP contribution in [0, 0.1) is 17.1 Å². The quantitative estimate of drug-likeness (QED) is 0.504. The number of fused-ring (bicyclic) bond motifs is 1. The van der Waals surface area contributed by atoms with Crippen LogP contribution in [0.3, 0.4) is 0 Å². The molecule has 0 fully saturated rings. The van der Waals surface area contributed by atoms with Gasteiger partial charge in [0.15, 0.2) is 0 Å². The standard InChI is InChI=1S/C24H24FN5O3/c1-24(2,32-3)13-33-19-12-27-9-7-14(19)21-22(20-18(30-21)8-10-28-23(20)31)29-17-6-4-5-16(25)15(17)11-26/h4-7,9,12,29-30H,8,10,13H2,1-3H3,(H,28,31). The van der Waals surface area contributed by atoms with Gasteiger partial charge < -0.3 is 25.1 Å². The molecule has 4 rings (SSSR count). The molecule has 0 unspecified atom stereocenters. The van der Waals surface area contributed by atoms with Gasteiger partial charge in [0.2, 0.25) is 0 Å². The Morgan fingerprint density at radius 1 is 1.33 bits per heavy atom. The van der Waals surface area contributed by atoms with Crippen molar-refractivity contribution >= 4 is 17.3 Å². The Morgan fingerprint density at radius 2 is 2.15 bits per heavy atom. The van der Waals surface area contributed by atoms with Gasteiger partial charge in [-0.1, -0.05) is 6.07 Å². The van der Waals surface area contributed by atoms with Gasteiger partial charge in [0.1, 0.15) is 29.8 Å². The van der Waals surface area contributed by atoms with Gasteiger partial charge in [0.05, 0.1) is 34.4 Å². The van der Waals surface area contributed by atoms with Crippen LogP contribution in [0.2, 0.25) is 0 Å². The summed E-state index contributed by atoms with van der Waals surface area (Å²) in [6, 6.07) is 7.97. The fourth-order valence-corrected chi connectivity index (χ4v) is 3.59. The third-order valence-electron chi connectivity index (χ3n) is 5.53. The number of aromatic nitrogens is 2. The fraction of sp³-hybridized carbons (Fsp3) is 0.292. The van der Waals surface area contributed by atoms with Crippen LogP contribution < -0.4 is 15.4 Å².